The maximum Gasteiger partial charge on any atom is 0.0994 e. The van der Waals surface area contributed by atoms with E-state index in [9.17, 15) is 0 Å². The Balaban J connectivity index is 2.36. The minimum atomic E-state index is 0.325. The van der Waals surface area contributed by atoms with Crippen molar-refractivity contribution in [2.75, 3.05) is 25.5 Å². The van der Waals surface area contributed by atoms with Gasteiger partial charge in [-0.3, -0.25) is 0 Å². The molecule has 0 aliphatic rings. The molecular formula is C16H24N4. The zero-order valence-electron chi connectivity index (χ0n) is 12.7. The fraction of sp³-hybridized carbons (Fsp3) is 0.438. The summed E-state index contributed by atoms with van der Waals surface area (Å²) in [6.07, 6.45) is 3.79. The lowest BCUT2D eigenvalue weighted by atomic mass is 9.93. The Morgan fingerprint density at radius 3 is 2.35 bits per heavy atom. The van der Waals surface area contributed by atoms with Crippen LogP contribution in [0, 0.1) is 5.92 Å². The van der Waals surface area contributed by atoms with Gasteiger partial charge in [-0.2, -0.15) is 0 Å². The second kappa shape index (κ2) is 6.09. The molecule has 0 saturated carbocycles. The quantitative estimate of drug-likeness (QED) is 0.910. The van der Waals surface area contributed by atoms with Crippen molar-refractivity contribution in [1.82, 2.24) is 9.55 Å². The summed E-state index contributed by atoms with van der Waals surface area (Å²) in [4.78, 5) is 6.40. The summed E-state index contributed by atoms with van der Waals surface area (Å²) in [7, 11) is 4.09. The maximum absolute atomic E-state index is 5.93. The van der Waals surface area contributed by atoms with Crippen LogP contribution in [0.2, 0.25) is 0 Å². The van der Waals surface area contributed by atoms with Crippen LogP contribution in [-0.2, 0) is 0 Å². The second-order valence-electron chi connectivity index (χ2n) is 5.69. The van der Waals surface area contributed by atoms with Crippen molar-refractivity contribution in [2.45, 2.75) is 19.8 Å². The van der Waals surface area contributed by atoms with Gasteiger partial charge in [0.05, 0.1) is 6.33 Å². The average molecular weight is 272 g/mol. The molecule has 0 spiro atoms. The predicted molar refractivity (Wildman–Crippen MR) is 84.5 cm³/mol. The topological polar surface area (TPSA) is 47.1 Å². The van der Waals surface area contributed by atoms with Crippen LogP contribution in [0.1, 0.15) is 25.5 Å². The lowest BCUT2D eigenvalue weighted by Crippen LogP contribution is -2.20. The zero-order valence-corrected chi connectivity index (χ0v) is 12.7. The van der Waals surface area contributed by atoms with Crippen molar-refractivity contribution in [3.8, 4) is 5.69 Å². The Bertz CT molecular complexity index is 540. The summed E-state index contributed by atoms with van der Waals surface area (Å²) >= 11 is 0. The van der Waals surface area contributed by atoms with Crippen molar-refractivity contribution in [1.29, 1.82) is 0 Å². The number of benzene rings is 1. The first kappa shape index (κ1) is 14.6. The molecule has 0 radical (unpaired) electrons. The normalized spacial score (nSPS) is 12.7. The number of anilines is 1. The molecule has 1 heterocycles. The molecule has 108 valence electrons. The van der Waals surface area contributed by atoms with Crippen LogP contribution in [0.5, 0.6) is 0 Å². The summed E-state index contributed by atoms with van der Waals surface area (Å²) in [5, 5.41) is 0. The van der Waals surface area contributed by atoms with Crippen molar-refractivity contribution in [3.05, 3.63) is 42.5 Å². The number of imidazole rings is 1. The third kappa shape index (κ3) is 2.85. The molecule has 1 atom stereocenters. The van der Waals surface area contributed by atoms with Gasteiger partial charge >= 0.3 is 0 Å². The van der Waals surface area contributed by atoms with Crippen molar-refractivity contribution in [2.24, 2.45) is 11.7 Å². The molecule has 20 heavy (non-hydrogen) atoms. The van der Waals surface area contributed by atoms with Gasteiger partial charge in [0.1, 0.15) is 0 Å². The fourth-order valence-electron chi connectivity index (χ4n) is 2.44. The fourth-order valence-corrected chi connectivity index (χ4v) is 2.44. The zero-order chi connectivity index (χ0) is 14.7. The molecule has 1 aromatic carbocycles. The van der Waals surface area contributed by atoms with E-state index in [0.29, 0.717) is 18.4 Å². The Morgan fingerprint density at radius 2 is 1.85 bits per heavy atom. The molecule has 4 nitrogen and oxygen atoms in total. The minimum absolute atomic E-state index is 0.325. The maximum atomic E-state index is 5.93. The van der Waals surface area contributed by atoms with Crippen molar-refractivity contribution < 1.29 is 0 Å². The number of hydrogen-bond acceptors (Lipinski definition) is 3. The Hall–Kier alpha value is -1.81. The van der Waals surface area contributed by atoms with E-state index in [4.69, 9.17) is 5.73 Å². The summed E-state index contributed by atoms with van der Waals surface area (Å²) in [6.45, 7) is 5.03. The van der Waals surface area contributed by atoms with Crippen LogP contribution in [0.3, 0.4) is 0 Å². The lowest BCUT2D eigenvalue weighted by molar-refractivity contribution is 0.490. The molecule has 2 aromatic rings. The Labute approximate surface area is 121 Å². The molecule has 0 aliphatic carbocycles. The third-order valence-corrected chi connectivity index (χ3v) is 3.75. The number of hydrogen-bond donors (Lipinski definition) is 1. The molecule has 0 amide bonds. The standard InChI is InChI=1S/C16H24N4/c1-12(2)15(9-17)16-10-18-11-20(16)14-7-5-13(6-8-14)19(3)4/h5-8,10-12,15H,9,17H2,1-4H3. The summed E-state index contributed by atoms with van der Waals surface area (Å²) in [5.74, 6) is 0.822. The highest BCUT2D eigenvalue weighted by Crippen LogP contribution is 2.26. The van der Waals surface area contributed by atoms with E-state index in [1.165, 1.54) is 11.4 Å². The first-order chi connectivity index (χ1) is 9.54. The van der Waals surface area contributed by atoms with E-state index in [-0.39, 0.29) is 0 Å². The van der Waals surface area contributed by atoms with Crippen LogP contribution >= 0.6 is 0 Å². The molecule has 0 fully saturated rings. The lowest BCUT2D eigenvalue weighted by Gasteiger charge is -2.21. The monoisotopic (exact) mass is 272 g/mol. The predicted octanol–water partition coefficient (Wildman–Crippen LogP) is 2.64. The van der Waals surface area contributed by atoms with Crippen molar-refractivity contribution in [3.63, 3.8) is 0 Å². The SMILES string of the molecule is CC(C)C(CN)c1cncn1-c1ccc(N(C)C)cc1. The van der Waals surface area contributed by atoms with E-state index >= 15 is 0 Å². The van der Waals surface area contributed by atoms with Gasteiger partial charge in [-0.1, -0.05) is 13.8 Å². The summed E-state index contributed by atoms with van der Waals surface area (Å²) in [6, 6.07) is 8.47. The third-order valence-electron chi connectivity index (χ3n) is 3.75. The van der Waals surface area contributed by atoms with Gasteiger partial charge in [0.15, 0.2) is 0 Å². The molecule has 0 bridgehead atoms. The van der Waals surface area contributed by atoms with Gasteiger partial charge in [-0.05, 0) is 30.2 Å². The molecule has 0 aliphatic heterocycles. The van der Waals surface area contributed by atoms with Gasteiger partial charge in [0.2, 0.25) is 0 Å². The molecule has 4 heteroatoms. The van der Waals surface area contributed by atoms with Crippen LogP contribution in [0.15, 0.2) is 36.8 Å². The van der Waals surface area contributed by atoms with Crippen LogP contribution in [0.4, 0.5) is 5.69 Å². The smallest absolute Gasteiger partial charge is 0.0994 e. The minimum Gasteiger partial charge on any atom is -0.378 e. The first-order valence-corrected chi connectivity index (χ1v) is 7.04. The van der Waals surface area contributed by atoms with E-state index in [1.54, 1.807) is 0 Å². The second-order valence-corrected chi connectivity index (χ2v) is 5.69. The number of rotatable bonds is 5. The van der Waals surface area contributed by atoms with Crippen LogP contribution in [-0.4, -0.2) is 30.2 Å². The molecule has 2 rings (SSSR count). The summed E-state index contributed by atoms with van der Waals surface area (Å²) < 4.78 is 2.14. The molecule has 2 N–H and O–H groups in total. The molecule has 1 aromatic heterocycles. The highest BCUT2D eigenvalue weighted by atomic mass is 15.1. The van der Waals surface area contributed by atoms with Crippen LogP contribution in [0.25, 0.3) is 5.69 Å². The van der Waals surface area contributed by atoms with E-state index in [2.05, 4.69) is 52.6 Å². The van der Waals surface area contributed by atoms with Gasteiger partial charge in [-0.25, -0.2) is 4.98 Å². The number of aromatic nitrogens is 2. The first-order valence-electron chi connectivity index (χ1n) is 7.04. The molecule has 0 saturated heterocycles. The van der Waals surface area contributed by atoms with Crippen LogP contribution < -0.4 is 10.6 Å². The Kier molecular flexibility index (Phi) is 4.45. The molecule has 1 unspecified atom stereocenters. The highest BCUT2D eigenvalue weighted by Gasteiger charge is 2.18. The molecular weight excluding hydrogens is 248 g/mol. The summed E-state index contributed by atoms with van der Waals surface area (Å²) in [5.41, 5.74) is 9.43. The van der Waals surface area contributed by atoms with E-state index in [0.717, 1.165) is 5.69 Å². The van der Waals surface area contributed by atoms with E-state index in [1.807, 2.05) is 26.6 Å². The largest absolute Gasteiger partial charge is 0.378 e. The number of nitrogens with zero attached hydrogens (tertiary/aromatic N) is 3. The van der Waals surface area contributed by atoms with Gasteiger partial charge < -0.3 is 15.2 Å². The van der Waals surface area contributed by atoms with Gasteiger partial charge in [0.25, 0.3) is 0 Å². The van der Waals surface area contributed by atoms with Gasteiger partial charge in [0, 0.05) is 49.8 Å². The van der Waals surface area contributed by atoms with Crippen molar-refractivity contribution >= 4 is 5.69 Å². The van der Waals surface area contributed by atoms with Gasteiger partial charge in [-0.15, -0.1) is 0 Å². The highest BCUT2D eigenvalue weighted by molar-refractivity contribution is 5.50. The van der Waals surface area contributed by atoms with E-state index < -0.39 is 0 Å². The Morgan fingerprint density at radius 1 is 1.20 bits per heavy atom. The average Bonchev–Trinajstić information content (AvgIpc) is 2.88. The number of nitrogens with two attached hydrogens (primary N) is 1.